The maximum Gasteiger partial charge on any atom is 0.0714 e. The Bertz CT molecular complexity index is 3020. The summed E-state index contributed by atoms with van der Waals surface area (Å²) < 4.78 is 2.43. The van der Waals surface area contributed by atoms with E-state index in [0.29, 0.717) is 0 Å². The fourth-order valence-corrected chi connectivity index (χ4v) is 9.55. The zero-order valence-electron chi connectivity index (χ0n) is 31.3. The maximum atomic E-state index is 2.46. The molecule has 0 N–H and O–H groups in total. The highest BCUT2D eigenvalue weighted by Gasteiger charge is 2.46. The van der Waals surface area contributed by atoms with Gasteiger partial charge in [-0.25, -0.2) is 0 Å². The molecular formula is C55H38N2. The smallest absolute Gasteiger partial charge is 0.0714 e. The first-order valence-corrected chi connectivity index (χ1v) is 19.7. The zero-order valence-corrected chi connectivity index (χ0v) is 31.3. The Morgan fingerprint density at radius 2 is 0.895 bits per heavy atom. The largest absolute Gasteiger partial charge is 0.310 e. The lowest BCUT2D eigenvalue weighted by molar-refractivity contribution is 0.768. The summed E-state index contributed by atoms with van der Waals surface area (Å²) in [6, 6.07) is 84.2. The van der Waals surface area contributed by atoms with Crippen LogP contribution in [0, 0.1) is 0 Å². The van der Waals surface area contributed by atoms with Gasteiger partial charge in [0.25, 0.3) is 0 Å². The molecule has 0 bridgehead atoms. The predicted octanol–water partition coefficient (Wildman–Crippen LogP) is 14.3. The molecule has 0 saturated heterocycles. The molecule has 0 spiro atoms. The molecule has 1 aliphatic carbocycles. The van der Waals surface area contributed by atoms with Crippen molar-refractivity contribution in [3.63, 3.8) is 0 Å². The molecule has 0 radical (unpaired) electrons. The van der Waals surface area contributed by atoms with Gasteiger partial charge in [-0.05, 0) is 81.9 Å². The molecule has 268 valence electrons. The third-order valence-corrected chi connectivity index (χ3v) is 11.9. The van der Waals surface area contributed by atoms with Crippen molar-refractivity contribution in [3.8, 4) is 27.9 Å². The van der Waals surface area contributed by atoms with Crippen LogP contribution in [0.1, 0.15) is 22.3 Å². The molecule has 2 nitrogen and oxygen atoms in total. The SMILES string of the molecule is c1ccc(N(c2ccc3c(c2)C(c2ccccc2)(c2ccccc2)c2ccccc2-3)c2ccccc2-c2cccc3c4ccccc4n(-c4ccccc4)c23)cc1. The van der Waals surface area contributed by atoms with Crippen molar-refractivity contribution >= 4 is 38.9 Å². The monoisotopic (exact) mass is 726 g/mol. The van der Waals surface area contributed by atoms with E-state index in [1.807, 2.05) is 0 Å². The third kappa shape index (κ3) is 5.04. The summed E-state index contributed by atoms with van der Waals surface area (Å²) in [5.74, 6) is 0. The van der Waals surface area contributed by atoms with Gasteiger partial charge in [0.15, 0.2) is 0 Å². The average molecular weight is 727 g/mol. The minimum absolute atomic E-state index is 0.505. The fraction of sp³-hybridized carbons (Fsp3) is 0.0182. The molecule has 0 aliphatic heterocycles. The molecule has 57 heavy (non-hydrogen) atoms. The number of nitrogens with zero attached hydrogens (tertiary/aromatic N) is 2. The van der Waals surface area contributed by atoms with Crippen molar-refractivity contribution in [3.05, 3.63) is 253 Å². The molecular weight excluding hydrogens is 689 g/mol. The van der Waals surface area contributed by atoms with Gasteiger partial charge in [0.2, 0.25) is 0 Å². The van der Waals surface area contributed by atoms with Crippen molar-refractivity contribution in [2.45, 2.75) is 5.41 Å². The summed E-state index contributed by atoms with van der Waals surface area (Å²) in [6.07, 6.45) is 0. The molecule has 0 atom stereocenters. The molecule has 11 rings (SSSR count). The highest BCUT2D eigenvalue weighted by molar-refractivity contribution is 6.14. The number of rotatable bonds is 7. The topological polar surface area (TPSA) is 8.17 Å². The molecule has 1 heterocycles. The Morgan fingerprint density at radius 1 is 0.351 bits per heavy atom. The predicted molar refractivity (Wildman–Crippen MR) is 238 cm³/mol. The zero-order chi connectivity index (χ0) is 37.8. The fourth-order valence-electron chi connectivity index (χ4n) is 9.55. The van der Waals surface area contributed by atoms with Gasteiger partial charge in [0, 0.05) is 39.0 Å². The summed E-state index contributed by atoms with van der Waals surface area (Å²) in [5, 5.41) is 2.48. The summed E-state index contributed by atoms with van der Waals surface area (Å²) in [4.78, 5) is 2.45. The van der Waals surface area contributed by atoms with Crippen LogP contribution in [-0.2, 0) is 5.41 Å². The highest BCUT2D eigenvalue weighted by Crippen LogP contribution is 2.57. The number of hydrogen-bond acceptors (Lipinski definition) is 1. The van der Waals surface area contributed by atoms with Crippen molar-refractivity contribution in [1.82, 2.24) is 4.57 Å². The van der Waals surface area contributed by atoms with E-state index >= 15 is 0 Å². The van der Waals surface area contributed by atoms with E-state index in [4.69, 9.17) is 0 Å². The second-order valence-corrected chi connectivity index (χ2v) is 14.8. The number of fused-ring (bicyclic) bond motifs is 6. The van der Waals surface area contributed by atoms with Crippen LogP contribution in [0.5, 0.6) is 0 Å². The van der Waals surface area contributed by atoms with Crippen LogP contribution in [0.4, 0.5) is 17.1 Å². The average Bonchev–Trinajstić information content (AvgIpc) is 3.79. The minimum Gasteiger partial charge on any atom is -0.310 e. The Kier molecular flexibility index (Phi) is 7.75. The van der Waals surface area contributed by atoms with Crippen LogP contribution < -0.4 is 4.90 Å². The molecule has 0 saturated carbocycles. The summed E-state index contributed by atoms with van der Waals surface area (Å²) >= 11 is 0. The summed E-state index contributed by atoms with van der Waals surface area (Å²) in [7, 11) is 0. The molecule has 0 unspecified atom stereocenters. The lowest BCUT2D eigenvalue weighted by Crippen LogP contribution is -2.28. The lowest BCUT2D eigenvalue weighted by atomic mass is 9.67. The van der Waals surface area contributed by atoms with Gasteiger partial charge < -0.3 is 9.47 Å². The first-order chi connectivity index (χ1) is 28.3. The summed E-state index contributed by atoms with van der Waals surface area (Å²) in [6.45, 7) is 0. The number of aromatic nitrogens is 1. The van der Waals surface area contributed by atoms with E-state index in [-0.39, 0.29) is 0 Å². The van der Waals surface area contributed by atoms with Crippen LogP contribution in [0.25, 0.3) is 49.7 Å². The molecule has 1 aliphatic rings. The van der Waals surface area contributed by atoms with Gasteiger partial charge in [-0.2, -0.15) is 0 Å². The van der Waals surface area contributed by atoms with Gasteiger partial charge >= 0.3 is 0 Å². The standard InChI is InChI=1S/C55H38N2/c1-5-20-39(21-6-1)55(40-22-7-2-8-23-40)50-33-16-13-28-44(50)45-37-36-43(38-51(45)55)56(41-24-9-3-10-25-41)52-34-17-14-29-46(52)48-31-19-32-49-47-30-15-18-35-53(47)57(54(48)49)42-26-11-4-12-27-42/h1-38H. The van der Waals surface area contributed by atoms with E-state index in [2.05, 4.69) is 240 Å². The minimum atomic E-state index is -0.505. The Hall–Kier alpha value is -7.42. The van der Waals surface area contributed by atoms with E-state index < -0.39 is 5.41 Å². The molecule has 9 aromatic carbocycles. The second-order valence-electron chi connectivity index (χ2n) is 14.8. The van der Waals surface area contributed by atoms with Gasteiger partial charge in [0.05, 0.1) is 22.1 Å². The second kappa shape index (κ2) is 13.4. The first-order valence-electron chi connectivity index (χ1n) is 19.7. The Morgan fingerprint density at radius 3 is 1.63 bits per heavy atom. The lowest BCUT2D eigenvalue weighted by Gasteiger charge is -2.35. The molecule has 1 aromatic heterocycles. The maximum absolute atomic E-state index is 2.46. The Labute approximate surface area is 333 Å². The van der Waals surface area contributed by atoms with E-state index in [1.165, 1.54) is 60.8 Å². The van der Waals surface area contributed by atoms with Gasteiger partial charge in [-0.3, -0.25) is 0 Å². The van der Waals surface area contributed by atoms with Crippen LogP contribution in [0.15, 0.2) is 231 Å². The molecule has 2 heteroatoms. The number of hydrogen-bond donors (Lipinski definition) is 0. The highest BCUT2D eigenvalue weighted by atomic mass is 15.1. The van der Waals surface area contributed by atoms with Crippen LogP contribution >= 0.6 is 0 Å². The van der Waals surface area contributed by atoms with Crippen LogP contribution in [0.2, 0.25) is 0 Å². The molecule has 10 aromatic rings. The van der Waals surface area contributed by atoms with E-state index in [1.54, 1.807) is 0 Å². The van der Waals surface area contributed by atoms with Crippen molar-refractivity contribution in [2.75, 3.05) is 4.90 Å². The number of anilines is 3. The Balaban J connectivity index is 1.19. The molecule has 0 amide bonds. The quantitative estimate of drug-likeness (QED) is 0.159. The third-order valence-electron chi connectivity index (χ3n) is 11.9. The van der Waals surface area contributed by atoms with Crippen molar-refractivity contribution < 1.29 is 0 Å². The van der Waals surface area contributed by atoms with Gasteiger partial charge in [-0.15, -0.1) is 0 Å². The van der Waals surface area contributed by atoms with E-state index in [0.717, 1.165) is 28.3 Å². The molecule has 0 fully saturated rings. The number of para-hydroxylation sites is 5. The first kappa shape index (κ1) is 33.0. The summed E-state index contributed by atoms with van der Waals surface area (Å²) in [5.41, 5.74) is 16.3. The van der Waals surface area contributed by atoms with E-state index in [9.17, 15) is 0 Å². The van der Waals surface area contributed by atoms with Crippen LogP contribution in [-0.4, -0.2) is 4.57 Å². The van der Waals surface area contributed by atoms with Crippen LogP contribution in [0.3, 0.4) is 0 Å². The van der Waals surface area contributed by atoms with Crippen molar-refractivity contribution in [2.24, 2.45) is 0 Å². The van der Waals surface area contributed by atoms with Gasteiger partial charge in [0.1, 0.15) is 0 Å². The van der Waals surface area contributed by atoms with Crippen molar-refractivity contribution in [1.29, 1.82) is 0 Å². The van der Waals surface area contributed by atoms with Gasteiger partial charge in [-0.1, -0.05) is 182 Å². The number of benzene rings is 9. The normalized spacial score (nSPS) is 12.7.